The van der Waals surface area contributed by atoms with Gasteiger partial charge in [-0.2, -0.15) is 0 Å². The molecule has 2 N–H and O–H groups in total. The molecule has 3 atom stereocenters. The third-order valence-electron chi connectivity index (χ3n) is 4.62. The van der Waals surface area contributed by atoms with E-state index in [2.05, 4.69) is 22.5 Å². The Balaban J connectivity index is 1.79. The summed E-state index contributed by atoms with van der Waals surface area (Å²) in [6.45, 7) is 0. The summed E-state index contributed by atoms with van der Waals surface area (Å²) < 4.78 is 0. The van der Waals surface area contributed by atoms with E-state index in [0.717, 1.165) is 23.4 Å². The molecule has 0 unspecified atom stereocenters. The first-order chi connectivity index (χ1) is 10.7. The van der Waals surface area contributed by atoms with Gasteiger partial charge >= 0.3 is 5.97 Å². The van der Waals surface area contributed by atoms with Crippen LogP contribution in [0.25, 0.3) is 0 Å². The lowest BCUT2D eigenvalue weighted by atomic mass is 9.78. The van der Waals surface area contributed by atoms with Gasteiger partial charge < -0.3 is 10.4 Å². The number of benzene rings is 1. The average molecular weight is 292 g/mol. The minimum absolute atomic E-state index is 0.157. The van der Waals surface area contributed by atoms with Gasteiger partial charge in [0, 0.05) is 17.8 Å². The van der Waals surface area contributed by atoms with Crippen LogP contribution in [-0.4, -0.2) is 16.1 Å². The maximum Gasteiger partial charge on any atom is 0.335 e. The summed E-state index contributed by atoms with van der Waals surface area (Å²) in [6.07, 6.45) is 7.19. The summed E-state index contributed by atoms with van der Waals surface area (Å²) in [4.78, 5) is 15.7. The van der Waals surface area contributed by atoms with Crippen LogP contribution in [0.1, 0.15) is 40.0 Å². The number of carbonyl (C=O) groups is 1. The van der Waals surface area contributed by atoms with Crippen molar-refractivity contribution in [2.24, 2.45) is 5.92 Å². The van der Waals surface area contributed by atoms with Crippen molar-refractivity contribution in [1.82, 2.24) is 4.98 Å². The van der Waals surface area contributed by atoms with Crippen LogP contribution in [0.5, 0.6) is 0 Å². The molecule has 22 heavy (non-hydrogen) atoms. The highest BCUT2D eigenvalue weighted by Gasteiger charge is 2.38. The first-order valence-electron chi connectivity index (χ1n) is 7.45. The summed E-state index contributed by atoms with van der Waals surface area (Å²) in [5, 5.41) is 12.8. The van der Waals surface area contributed by atoms with Crippen molar-refractivity contribution >= 4 is 11.7 Å². The fourth-order valence-electron chi connectivity index (χ4n) is 3.58. The van der Waals surface area contributed by atoms with E-state index in [0.29, 0.717) is 11.5 Å². The molecule has 4 nitrogen and oxygen atoms in total. The minimum atomic E-state index is -0.881. The first kappa shape index (κ1) is 13.1. The van der Waals surface area contributed by atoms with Crippen LogP contribution in [-0.2, 0) is 0 Å². The standard InChI is InChI=1S/C18H16N2O2/c21-18(22)11-7-8-15-14(10-11)12-4-3-5-13(12)17(20-15)16-6-1-2-9-19-16/h1-4,6-10,12-13,17,20H,5H2,(H,21,22)/t12-,13+,17+/m0/s1. The lowest BCUT2D eigenvalue weighted by Gasteiger charge is -2.37. The Morgan fingerprint density at radius 3 is 2.95 bits per heavy atom. The Bertz CT molecular complexity index is 755. The molecule has 0 spiro atoms. The molecule has 0 amide bonds. The van der Waals surface area contributed by atoms with Gasteiger partial charge in [-0.3, -0.25) is 4.98 Å². The zero-order valence-corrected chi connectivity index (χ0v) is 11.9. The second kappa shape index (κ2) is 4.98. The zero-order chi connectivity index (χ0) is 15.1. The van der Waals surface area contributed by atoms with Gasteiger partial charge in [0.25, 0.3) is 0 Å². The van der Waals surface area contributed by atoms with Crippen LogP contribution in [0, 0.1) is 5.92 Å². The number of allylic oxidation sites excluding steroid dienone is 2. The van der Waals surface area contributed by atoms with E-state index >= 15 is 0 Å². The summed E-state index contributed by atoms with van der Waals surface area (Å²) in [7, 11) is 0. The molecule has 4 rings (SSSR count). The largest absolute Gasteiger partial charge is 0.478 e. The molecule has 4 heteroatoms. The monoisotopic (exact) mass is 292 g/mol. The van der Waals surface area contributed by atoms with Crippen molar-refractivity contribution in [2.75, 3.05) is 5.32 Å². The predicted molar refractivity (Wildman–Crippen MR) is 84.0 cm³/mol. The molecule has 2 heterocycles. The lowest BCUT2D eigenvalue weighted by molar-refractivity contribution is 0.0696. The molecular formula is C18H16N2O2. The Labute approximate surface area is 128 Å². The van der Waals surface area contributed by atoms with E-state index in [-0.39, 0.29) is 12.0 Å². The molecule has 0 bridgehead atoms. The number of nitrogens with zero attached hydrogens (tertiary/aromatic N) is 1. The van der Waals surface area contributed by atoms with Crippen molar-refractivity contribution in [3.05, 3.63) is 71.6 Å². The van der Waals surface area contributed by atoms with Crippen LogP contribution >= 0.6 is 0 Å². The lowest BCUT2D eigenvalue weighted by Crippen LogP contribution is -2.29. The fraction of sp³-hybridized carbons (Fsp3) is 0.222. The number of nitrogens with one attached hydrogen (secondary N) is 1. The Morgan fingerprint density at radius 2 is 2.18 bits per heavy atom. The van der Waals surface area contributed by atoms with Crippen molar-refractivity contribution in [3.63, 3.8) is 0 Å². The quantitative estimate of drug-likeness (QED) is 0.830. The SMILES string of the molecule is O=C(O)c1ccc2c(c1)[C@H]1C=CC[C@H]1[C@H](c1ccccn1)N2. The fourth-order valence-corrected chi connectivity index (χ4v) is 3.58. The van der Waals surface area contributed by atoms with Crippen LogP contribution in [0.4, 0.5) is 5.69 Å². The number of aromatic carboxylic acids is 1. The predicted octanol–water partition coefficient (Wildman–Crippen LogP) is 3.61. The maximum absolute atomic E-state index is 11.2. The third-order valence-corrected chi connectivity index (χ3v) is 4.62. The van der Waals surface area contributed by atoms with Crippen LogP contribution < -0.4 is 5.32 Å². The van der Waals surface area contributed by atoms with Crippen LogP contribution in [0.3, 0.4) is 0 Å². The summed E-state index contributed by atoms with van der Waals surface area (Å²) in [5.74, 6) is -0.248. The molecule has 1 aromatic carbocycles. The van der Waals surface area contributed by atoms with Gasteiger partial charge in [0.15, 0.2) is 0 Å². The van der Waals surface area contributed by atoms with Gasteiger partial charge in [0.1, 0.15) is 0 Å². The molecule has 0 saturated heterocycles. The van der Waals surface area contributed by atoms with E-state index in [1.165, 1.54) is 0 Å². The maximum atomic E-state index is 11.2. The van der Waals surface area contributed by atoms with Gasteiger partial charge in [-0.05, 0) is 48.2 Å². The number of carboxylic acids is 1. The normalized spacial score (nSPS) is 25.2. The van der Waals surface area contributed by atoms with Crippen LogP contribution in [0.2, 0.25) is 0 Å². The van der Waals surface area contributed by atoms with Gasteiger partial charge in [-0.1, -0.05) is 18.2 Å². The molecule has 0 radical (unpaired) electrons. The van der Waals surface area contributed by atoms with Gasteiger partial charge in [0.05, 0.1) is 17.3 Å². The number of aromatic nitrogens is 1. The smallest absolute Gasteiger partial charge is 0.335 e. The Morgan fingerprint density at radius 1 is 1.27 bits per heavy atom. The van der Waals surface area contributed by atoms with Crippen molar-refractivity contribution in [2.45, 2.75) is 18.4 Å². The molecule has 2 aromatic rings. The molecule has 1 aliphatic carbocycles. The average Bonchev–Trinajstić information content (AvgIpc) is 3.04. The van der Waals surface area contributed by atoms with Crippen molar-refractivity contribution < 1.29 is 9.90 Å². The molecule has 110 valence electrons. The van der Waals surface area contributed by atoms with Gasteiger partial charge in [-0.15, -0.1) is 0 Å². The highest BCUT2D eigenvalue weighted by Crippen LogP contribution is 2.49. The first-order valence-corrected chi connectivity index (χ1v) is 7.45. The van der Waals surface area contributed by atoms with Gasteiger partial charge in [-0.25, -0.2) is 4.79 Å². The number of rotatable bonds is 2. The second-order valence-electron chi connectivity index (χ2n) is 5.84. The number of hydrogen-bond acceptors (Lipinski definition) is 3. The number of fused-ring (bicyclic) bond motifs is 3. The number of carboxylic acid groups (broad SMARTS) is 1. The third kappa shape index (κ3) is 1.99. The zero-order valence-electron chi connectivity index (χ0n) is 11.9. The Hall–Kier alpha value is -2.62. The van der Waals surface area contributed by atoms with E-state index in [1.807, 2.05) is 30.5 Å². The van der Waals surface area contributed by atoms with Crippen LogP contribution in [0.15, 0.2) is 54.7 Å². The molecular weight excluding hydrogens is 276 g/mol. The van der Waals surface area contributed by atoms with Gasteiger partial charge in [0.2, 0.25) is 0 Å². The molecule has 2 aliphatic rings. The Kier molecular flexibility index (Phi) is 2.96. The van der Waals surface area contributed by atoms with E-state index in [9.17, 15) is 9.90 Å². The molecule has 0 saturated carbocycles. The highest BCUT2D eigenvalue weighted by atomic mass is 16.4. The number of pyridine rings is 1. The molecule has 1 aliphatic heterocycles. The second-order valence-corrected chi connectivity index (χ2v) is 5.84. The van der Waals surface area contributed by atoms with E-state index < -0.39 is 5.97 Å². The summed E-state index contributed by atoms with van der Waals surface area (Å²) >= 11 is 0. The van der Waals surface area contributed by atoms with E-state index in [1.54, 1.807) is 12.1 Å². The van der Waals surface area contributed by atoms with Crippen molar-refractivity contribution in [1.29, 1.82) is 0 Å². The van der Waals surface area contributed by atoms with Crippen molar-refractivity contribution in [3.8, 4) is 0 Å². The molecule has 1 aromatic heterocycles. The highest BCUT2D eigenvalue weighted by molar-refractivity contribution is 5.89. The number of hydrogen-bond donors (Lipinski definition) is 2. The molecule has 0 fully saturated rings. The summed E-state index contributed by atoms with van der Waals surface area (Å²) in [6, 6.07) is 11.5. The van der Waals surface area contributed by atoms with E-state index in [4.69, 9.17) is 0 Å². The summed E-state index contributed by atoms with van der Waals surface area (Å²) in [5.41, 5.74) is 3.46. The minimum Gasteiger partial charge on any atom is -0.478 e. The topological polar surface area (TPSA) is 62.2 Å². The number of anilines is 1.